The molecule has 180 valence electrons. The van der Waals surface area contributed by atoms with Crippen LogP contribution in [0.1, 0.15) is 25.0 Å². The van der Waals surface area contributed by atoms with Gasteiger partial charge in [-0.05, 0) is 43.5 Å². The third-order valence-corrected chi connectivity index (χ3v) is 5.64. The number of ether oxygens (including phenoxy) is 2. The van der Waals surface area contributed by atoms with Crippen molar-refractivity contribution in [3.8, 4) is 5.88 Å². The van der Waals surface area contributed by atoms with Crippen LogP contribution in [0.4, 0.5) is 17.6 Å². The number of halogens is 4. The van der Waals surface area contributed by atoms with Gasteiger partial charge in [0.1, 0.15) is 0 Å². The molecule has 2 fully saturated rings. The van der Waals surface area contributed by atoms with Crippen LogP contribution in [-0.2, 0) is 16.1 Å². The Hall–Kier alpha value is -2.79. The Morgan fingerprint density at radius 1 is 1.24 bits per heavy atom. The highest BCUT2D eigenvalue weighted by atomic mass is 19.4. The molecule has 33 heavy (non-hydrogen) atoms. The second-order valence-electron chi connectivity index (χ2n) is 8.03. The van der Waals surface area contributed by atoms with Gasteiger partial charge in [-0.3, -0.25) is 9.88 Å². The van der Waals surface area contributed by atoms with Gasteiger partial charge in [-0.15, -0.1) is 0 Å². The lowest BCUT2D eigenvalue weighted by molar-refractivity contribution is -0.192. The van der Waals surface area contributed by atoms with Crippen LogP contribution in [0, 0.1) is 11.2 Å². The molecule has 4 rings (SSSR count). The van der Waals surface area contributed by atoms with Crippen LogP contribution >= 0.6 is 0 Å². The van der Waals surface area contributed by atoms with Gasteiger partial charge < -0.3 is 14.6 Å². The topological polar surface area (TPSA) is 84.8 Å². The first-order valence-electron chi connectivity index (χ1n) is 10.5. The number of fused-ring (bicyclic) bond motifs is 1. The van der Waals surface area contributed by atoms with Gasteiger partial charge in [0.25, 0.3) is 0 Å². The maximum atomic E-state index is 13.9. The fourth-order valence-corrected chi connectivity index (χ4v) is 4.14. The summed E-state index contributed by atoms with van der Waals surface area (Å²) in [4.78, 5) is 19.8. The predicted molar refractivity (Wildman–Crippen MR) is 109 cm³/mol. The summed E-state index contributed by atoms with van der Waals surface area (Å²) in [6, 6.07) is 8.95. The fraction of sp³-hybridized carbons (Fsp3) is 0.500. The first-order chi connectivity index (χ1) is 15.7. The standard InChI is InChI=1S/C20H24FN3O2.C2HF3O2/c21-17-6-3-10-23-19(17)26-15-20-8-4-12-25-18(20)7-11-24(14-20)13-16-5-1-2-9-22-16;3-2(4,5)1(6)7/h1-3,5-6,9-10,18H,4,7-8,11-15H2;(H,6,7). The summed E-state index contributed by atoms with van der Waals surface area (Å²) in [7, 11) is 0. The molecule has 0 spiro atoms. The average Bonchev–Trinajstić information content (AvgIpc) is 2.79. The molecule has 2 saturated heterocycles. The number of pyridine rings is 2. The number of alkyl halides is 3. The summed E-state index contributed by atoms with van der Waals surface area (Å²) >= 11 is 0. The lowest BCUT2D eigenvalue weighted by atomic mass is 9.73. The average molecular weight is 471 g/mol. The number of hydrogen-bond donors (Lipinski definition) is 1. The highest BCUT2D eigenvalue weighted by Crippen LogP contribution is 2.41. The van der Waals surface area contributed by atoms with E-state index >= 15 is 0 Å². The Morgan fingerprint density at radius 3 is 2.67 bits per heavy atom. The van der Waals surface area contributed by atoms with Gasteiger partial charge in [0, 0.05) is 44.0 Å². The Morgan fingerprint density at radius 2 is 2.00 bits per heavy atom. The summed E-state index contributed by atoms with van der Waals surface area (Å²) < 4.78 is 57.5. The van der Waals surface area contributed by atoms with Crippen molar-refractivity contribution >= 4 is 5.97 Å². The molecule has 0 aromatic carbocycles. The molecule has 0 aliphatic carbocycles. The molecule has 2 aromatic rings. The lowest BCUT2D eigenvalue weighted by Gasteiger charge is -2.50. The van der Waals surface area contributed by atoms with E-state index in [-0.39, 0.29) is 17.4 Å². The minimum atomic E-state index is -5.08. The molecule has 4 heterocycles. The molecular formula is C22H25F4N3O4. The van der Waals surface area contributed by atoms with Gasteiger partial charge in [-0.2, -0.15) is 13.2 Å². The molecule has 7 nitrogen and oxygen atoms in total. The van der Waals surface area contributed by atoms with Crippen molar-refractivity contribution in [3.05, 3.63) is 54.2 Å². The second kappa shape index (κ2) is 10.9. The number of hydrogen-bond acceptors (Lipinski definition) is 6. The van der Waals surface area contributed by atoms with E-state index in [1.165, 1.54) is 6.07 Å². The first-order valence-corrected chi connectivity index (χ1v) is 10.5. The molecule has 0 amide bonds. The van der Waals surface area contributed by atoms with Crippen molar-refractivity contribution in [2.24, 2.45) is 5.41 Å². The van der Waals surface area contributed by atoms with Crippen LogP contribution < -0.4 is 4.74 Å². The minimum absolute atomic E-state index is 0.0769. The van der Waals surface area contributed by atoms with Crippen molar-refractivity contribution in [3.63, 3.8) is 0 Å². The van der Waals surface area contributed by atoms with Crippen molar-refractivity contribution in [1.29, 1.82) is 0 Å². The number of likely N-dealkylation sites (tertiary alicyclic amines) is 1. The van der Waals surface area contributed by atoms with Gasteiger partial charge in [0.15, 0.2) is 5.82 Å². The van der Waals surface area contributed by atoms with E-state index < -0.39 is 18.0 Å². The number of rotatable bonds is 5. The molecule has 2 unspecified atom stereocenters. The molecule has 2 aliphatic heterocycles. The molecular weight excluding hydrogens is 446 g/mol. The quantitative estimate of drug-likeness (QED) is 0.666. The Kier molecular flexibility index (Phi) is 8.20. The Bertz CT molecular complexity index is 916. The van der Waals surface area contributed by atoms with E-state index in [1.54, 1.807) is 12.3 Å². The van der Waals surface area contributed by atoms with Gasteiger partial charge in [-0.1, -0.05) is 6.07 Å². The Balaban J connectivity index is 0.000000383. The van der Waals surface area contributed by atoms with Crippen molar-refractivity contribution in [1.82, 2.24) is 14.9 Å². The van der Waals surface area contributed by atoms with E-state index in [2.05, 4.69) is 20.9 Å². The largest absolute Gasteiger partial charge is 0.490 e. The van der Waals surface area contributed by atoms with Crippen LogP contribution in [0.2, 0.25) is 0 Å². The molecule has 2 aromatic heterocycles. The summed E-state index contributed by atoms with van der Waals surface area (Å²) in [6.45, 7) is 3.87. The fourth-order valence-electron chi connectivity index (χ4n) is 4.14. The molecule has 0 radical (unpaired) electrons. The number of piperidine rings is 1. The number of carboxylic acids is 1. The molecule has 2 aliphatic rings. The van der Waals surface area contributed by atoms with E-state index in [0.29, 0.717) is 6.61 Å². The maximum Gasteiger partial charge on any atom is 0.490 e. The predicted octanol–water partition coefficient (Wildman–Crippen LogP) is 3.70. The summed E-state index contributed by atoms with van der Waals surface area (Å²) in [5.41, 5.74) is 0.935. The molecule has 0 bridgehead atoms. The van der Waals surface area contributed by atoms with Crippen molar-refractivity contribution in [2.45, 2.75) is 38.1 Å². The zero-order valence-electron chi connectivity index (χ0n) is 17.8. The van der Waals surface area contributed by atoms with E-state index in [4.69, 9.17) is 19.4 Å². The van der Waals surface area contributed by atoms with Crippen LogP contribution in [-0.4, -0.2) is 64.5 Å². The zero-order chi connectivity index (χ0) is 23.9. The molecule has 0 saturated carbocycles. The van der Waals surface area contributed by atoms with Crippen LogP contribution in [0.3, 0.4) is 0 Å². The molecule has 11 heteroatoms. The van der Waals surface area contributed by atoms with E-state index in [0.717, 1.165) is 51.2 Å². The zero-order valence-corrected chi connectivity index (χ0v) is 17.8. The van der Waals surface area contributed by atoms with Gasteiger partial charge in [-0.25, -0.2) is 14.2 Å². The number of carboxylic acid groups (broad SMARTS) is 1. The molecule has 2 atom stereocenters. The molecule has 1 N–H and O–H groups in total. The van der Waals surface area contributed by atoms with Gasteiger partial charge in [0.2, 0.25) is 5.88 Å². The van der Waals surface area contributed by atoms with E-state index in [9.17, 15) is 17.6 Å². The van der Waals surface area contributed by atoms with Crippen LogP contribution in [0.15, 0.2) is 42.7 Å². The van der Waals surface area contributed by atoms with Crippen LogP contribution in [0.5, 0.6) is 5.88 Å². The van der Waals surface area contributed by atoms with E-state index in [1.807, 2.05) is 18.3 Å². The van der Waals surface area contributed by atoms with Gasteiger partial charge in [0.05, 0.1) is 18.4 Å². The Labute approximate surface area is 188 Å². The summed E-state index contributed by atoms with van der Waals surface area (Å²) in [5.74, 6) is -3.10. The maximum absolute atomic E-state index is 13.9. The summed E-state index contributed by atoms with van der Waals surface area (Å²) in [6.07, 6.45) is 1.43. The monoisotopic (exact) mass is 471 g/mol. The third kappa shape index (κ3) is 6.84. The van der Waals surface area contributed by atoms with Crippen molar-refractivity contribution in [2.75, 3.05) is 26.3 Å². The SMILES string of the molecule is Fc1cccnc1OCC12CCCOC1CCN(Cc1ccccn1)C2.O=C(O)C(F)(F)F. The second-order valence-corrected chi connectivity index (χ2v) is 8.03. The first kappa shape index (κ1) is 24.8. The van der Waals surface area contributed by atoms with Gasteiger partial charge >= 0.3 is 12.1 Å². The number of carbonyl (C=O) groups is 1. The highest BCUT2D eigenvalue weighted by molar-refractivity contribution is 5.73. The third-order valence-electron chi connectivity index (χ3n) is 5.64. The minimum Gasteiger partial charge on any atom is -0.475 e. The number of nitrogens with zero attached hydrogens (tertiary/aromatic N) is 3. The van der Waals surface area contributed by atoms with Crippen molar-refractivity contribution < 1.29 is 36.9 Å². The normalized spacial score (nSPS) is 23.1. The summed E-state index contributed by atoms with van der Waals surface area (Å²) in [5, 5.41) is 7.12. The number of aliphatic carboxylic acids is 1. The highest BCUT2D eigenvalue weighted by Gasteiger charge is 2.46. The smallest absolute Gasteiger partial charge is 0.475 e. The lowest BCUT2D eigenvalue weighted by Crippen LogP contribution is -2.57. The number of aromatic nitrogens is 2. The van der Waals surface area contributed by atoms with Crippen LogP contribution in [0.25, 0.3) is 0 Å².